The summed E-state index contributed by atoms with van der Waals surface area (Å²) < 4.78 is 19.0. The van der Waals surface area contributed by atoms with Crippen LogP contribution in [-0.4, -0.2) is 23.5 Å². The van der Waals surface area contributed by atoms with Gasteiger partial charge in [0.25, 0.3) is 0 Å². The minimum atomic E-state index is -0.425. The van der Waals surface area contributed by atoms with Crippen molar-refractivity contribution in [2.45, 2.75) is 13.0 Å². The van der Waals surface area contributed by atoms with Gasteiger partial charge in [-0.15, -0.1) is 0 Å². The van der Waals surface area contributed by atoms with Crippen molar-refractivity contribution < 1.29 is 18.5 Å². The smallest absolute Gasteiger partial charge is 0.227 e. The van der Waals surface area contributed by atoms with E-state index >= 15 is 0 Å². The van der Waals surface area contributed by atoms with Gasteiger partial charge in [0.15, 0.2) is 5.76 Å². The minimum Gasteiger partial charge on any atom is -0.356 e. The van der Waals surface area contributed by atoms with Crippen LogP contribution < -0.4 is 10.2 Å². The topological polar surface area (TPSA) is 75.4 Å². The number of anilines is 1. The van der Waals surface area contributed by atoms with Crippen LogP contribution in [0.1, 0.15) is 12.1 Å². The molecule has 1 aromatic heterocycles. The van der Waals surface area contributed by atoms with Crippen molar-refractivity contribution in [3.8, 4) is 11.3 Å². The first-order valence-corrected chi connectivity index (χ1v) is 8.95. The summed E-state index contributed by atoms with van der Waals surface area (Å²) in [5.74, 6) is -0.823. The van der Waals surface area contributed by atoms with Crippen LogP contribution >= 0.6 is 0 Å². The first-order chi connectivity index (χ1) is 13.6. The first-order valence-electron chi connectivity index (χ1n) is 8.95. The van der Waals surface area contributed by atoms with Crippen LogP contribution in [0.2, 0.25) is 0 Å². The fourth-order valence-electron chi connectivity index (χ4n) is 3.25. The third-order valence-corrected chi connectivity index (χ3v) is 4.71. The molecule has 2 heterocycles. The van der Waals surface area contributed by atoms with Gasteiger partial charge in [-0.2, -0.15) is 0 Å². The second-order valence-electron chi connectivity index (χ2n) is 6.62. The number of para-hydroxylation sites is 1. The van der Waals surface area contributed by atoms with Gasteiger partial charge in [-0.1, -0.05) is 35.5 Å². The van der Waals surface area contributed by atoms with Crippen molar-refractivity contribution in [3.63, 3.8) is 0 Å². The Labute approximate surface area is 160 Å². The van der Waals surface area contributed by atoms with Gasteiger partial charge in [-0.05, 0) is 24.3 Å². The van der Waals surface area contributed by atoms with Crippen molar-refractivity contribution in [3.05, 3.63) is 72.2 Å². The molecule has 7 heteroatoms. The molecule has 4 rings (SSSR count). The predicted molar refractivity (Wildman–Crippen MR) is 101 cm³/mol. The summed E-state index contributed by atoms with van der Waals surface area (Å²) in [5, 5.41) is 6.65. The zero-order chi connectivity index (χ0) is 19.5. The molecule has 1 unspecified atom stereocenters. The number of hydrogen-bond acceptors (Lipinski definition) is 4. The van der Waals surface area contributed by atoms with Crippen LogP contribution in [0.15, 0.2) is 65.2 Å². The lowest BCUT2D eigenvalue weighted by Gasteiger charge is -2.16. The number of amides is 2. The van der Waals surface area contributed by atoms with E-state index in [1.165, 1.54) is 6.07 Å². The SMILES string of the molecule is O=C(NCc1cc(-c2ccccc2F)on1)C1CC(=O)N(c2ccccc2)C1. The van der Waals surface area contributed by atoms with Gasteiger partial charge in [0, 0.05) is 24.7 Å². The summed E-state index contributed by atoms with van der Waals surface area (Å²) in [7, 11) is 0. The molecule has 1 saturated heterocycles. The summed E-state index contributed by atoms with van der Waals surface area (Å²) in [4.78, 5) is 26.3. The van der Waals surface area contributed by atoms with Gasteiger partial charge >= 0.3 is 0 Å². The fourth-order valence-corrected chi connectivity index (χ4v) is 3.25. The van der Waals surface area contributed by atoms with E-state index in [0.29, 0.717) is 23.6 Å². The second kappa shape index (κ2) is 7.64. The fraction of sp³-hybridized carbons (Fsp3) is 0.190. The average Bonchev–Trinajstić information content (AvgIpc) is 3.34. The lowest BCUT2D eigenvalue weighted by Crippen LogP contribution is -2.32. The van der Waals surface area contributed by atoms with Gasteiger partial charge < -0.3 is 14.7 Å². The lowest BCUT2D eigenvalue weighted by molar-refractivity contribution is -0.126. The third kappa shape index (κ3) is 3.64. The van der Waals surface area contributed by atoms with E-state index in [2.05, 4.69) is 10.5 Å². The van der Waals surface area contributed by atoms with Gasteiger partial charge in [-0.3, -0.25) is 9.59 Å². The van der Waals surface area contributed by atoms with E-state index in [9.17, 15) is 14.0 Å². The number of rotatable bonds is 5. The highest BCUT2D eigenvalue weighted by molar-refractivity contribution is 6.00. The van der Waals surface area contributed by atoms with Crippen LogP contribution in [0, 0.1) is 11.7 Å². The maximum absolute atomic E-state index is 13.8. The molecule has 0 bridgehead atoms. The molecule has 0 saturated carbocycles. The number of halogens is 1. The van der Waals surface area contributed by atoms with Crippen LogP contribution in [0.5, 0.6) is 0 Å². The number of carbonyl (C=O) groups excluding carboxylic acids is 2. The molecule has 1 fully saturated rings. The van der Waals surface area contributed by atoms with E-state index in [0.717, 1.165) is 5.69 Å². The van der Waals surface area contributed by atoms with Crippen molar-refractivity contribution >= 4 is 17.5 Å². The first kappa shape index (κ1) is 17.9. The summed E-state index contributed by atoms with van der Waals surface area (Å²) in [5.41, 5.74) is 1.58. The molecule has 2 aromatic carbocycles. The molecule has 6 nitrogen and oxygen atoms in total. The van der Waals surface area contributed by atoms with E-state index < -0.39 is 11.7 Å². The number of nitrogens with zero attached hydrogens (tertiary/aromatic N) is 2. The molecule has 1 aliphatic heterocycles. The molecule has 2 amide bonds. The Balaban J connectivity index is 1.37. The molecular weight excluding hydrogens is 361 g/mol. The lowest BCUT2D eigenvalue weighted by atomic mass is 10.1. The molecule has 3 aromatic rings. The Hall–Kier alpha value is -3.48. The molecule has 28 heavy (non-hydrogen) atoms. The Morgan fingerprint density at radius 3 is 2.71 bits per heavy atom. The molecule has 1 N–H and O–H groups in total. The van der Waals surface area contributed by atoms with E-state index in [1.807, 2.05) is 30.3 Å². The third-order valence-electron chi connectivity index (χ3n) is 4.71. The quantitative estimate of drug-likeness (QED) is 0.739. The average molecular weight is 379 g/mol. The largest absolute Gasteiger partial charge is 0.356 e. The monoisotopic (exact) mass is 379 g/mol. The highest BCUT2D eigenvalue weighted by atomic mass is 19.1. The van der Waals surface area contributed by atoms with Gasteiger partial charge in [0.1, 0.15) is 11.5 Å². The Morgan fingerprint density at radius 1 is 1.18 bits per heavy atom. The van der Waals surface area contributed by atoms with Crippen molar-refractivity contribution in [2.75, 3.05) is 11.4 Å². The van der Waals surface area contributed by atoms with Crippen molar-refractivity contribution in [1.29, 1.82) is 0 Å². The standard InChI is InChI=1S/C21H18FN3O3/c22-18-9-5-4-8-17(18)19-11-15(24-28-19)12-23-21(27)14-10-20(26)25(13-14)16-6-2-1-3-7-16/h1-9,11,14H,10,12-13H2,(H,23,27). The molecule has 1 aliphatic rings. The zero-order valence-corrected chi connectivity index (χ0v) is 15.0. The van der Waals surface area contributed by atoms with Crippen molar-refractivity contribution in [2.24, 2.45) is 5.92 Å². The number of aromatic nitrogens is 1. The predicted octanol–water partition coefficient (Wildman–Crippen LogP) is 3.15. The van der Waals surface area contributed by atoms with Gasteiger partial charge in [0.05, 0.1) is 18.0 Å². The van der Waals surface area contributed by atoms with E-state index in [1.54, 1.807) is 29.2 Å². The van der Waals surface area contributed by atoms with Crippen LogP contribution in [-0.2, 0) is 16.1 Å². The minimum absolute atomic E-state index is 0.0744. The summed E-state index contributed by atoms with van der Waals surface area (Å²) >= 11 is 0. The molecule has 0 radical (unpaired) electrons. The molecular formula is C21H18FN3O3. The summed E-state index contributed by atoms with van der Waals surface area (Å²) in [6, 6.07) is 17.1. The summed E-state index contributed by atoms with van der Waals surface area (Å²) in [6.07, 6.45) is 0.167. The number of hydrogen-bond donors (Lipinski definition) is 1. The second-order valence-corrected chi connectivity index (χ2v) is 6.62. The van der Waals surface area contributed by atoms with E-state index in [4.69, 9.17) is 4.52 Å². The molecule has 0 spiro atoms. The van der Waals surface area contributed by atoms with E-state index in [-0.39, 0.29) is 24.8 Å². The van der Waals surface area contributed by atoms with Crippen LogP contribution in [0.3, 0.4) is 0 Å². The molecule has 1 atom stereocenters. The molecule has 142 valence electrons. The highest BCUT2D eigenvalue weighted by Crippen LogP contribution is 2.25. The normalized spacial score (nSPS) is 16.4. The maximum atomic E-state index is 13.8. The van der Waals surface area contributed by atoms with Gasteiger partial charge in [0.2, 0.25) is 11.8 Å². The van der Waals surface area contributed by atoms with Crippen LogP contribution in [0.25, 0.3) is 11.3 Å². The van der Waals surface area contributed by atoms with Crippen LogP contribution in [0.4, 0.5) is 10.1 Å². The Morgan fingerprint density at radius 2 is 1.93 bits per heavy atom. The zero-order valence-electron chi connectivity index (χ0n) is 15.0. The number of benzene rings is 2. The van der Waals surface area contributed by atoms with Gasteiger partial charge in [-0.25, -0.2) is 4.39 Å². The Bertz CT molecular complexity index is 1000. The maximum Gasteiger partial charge on any atom is 0.227 e. The Kier molecular flexibility index (Phi) is 4.89. The number of carbonyl (C=O) groups is 2. The van der Waals surface area contributed by atoms with Crippen molar-refractivity contribution in [1.82, 2.24) is 10.5 Å². The number of nitrogens with one attached hydrogen (secondary N) is 1. The molecule has 0 aliphatic carbocycles. The summed E-state index contributed by atoms with van der Waals surface area (Å²) in [6.45, 7) is 0.487. The highest BCUT2D eigenvalue weighted by Gasteiger charge is 2.35.